The fraction of sp³-hybridized carbons (Fsp3) is 0.333. The molecular formula is C27H26FNO4. The standard InChI is InChI=1S/C27H26FNO4/c1-32-20-10-11-23(28)22(14-20)27-26(18-8-9-18)24(29-33-27)12-5-16-3-2-4-19(13-16)21(15-25(30)31)17-6-7-17/h2-5,10-14,17-18,21H,6-9,15H2,1H3,(H,30,31)/b12-5+/t21-/m0/s1. The molecule has 1 aromatic heterocycles. The topological polar surface area (TPSA) is 72.6 Å². The van der Waals surface area contributed by atoms with Crippen molar-refractivity contribution in [2.45, 2.75) is 43.9 Å². The second-order valence-corrected chi connectivity index (χ2v) is 8.98. The Balaban J connectivity index is 1.45. The van der Waals surface area contributed by atoms with Crippen LogP contribution in [-0.2, 0) is 4.79 Å². The van der Waals surface area contributed by atoms with E-state index < -0.39 is 5.97 Å². The Kier molecular flexibility index (Phi) is 5.75. The van der Waals surface area contributed by atoms with Gasteiger partial charge in [-0.1, -0.05) is 35.5 Å². The Hall–Kier alpha value is -3.41. The fourth-order valence-electron chi connectivity index (χ4n) is 4.51. The van der Waals surface area contributed by atoms with Gasteiger partial charge in [0.25, 0.3) is 0 Å². The first kappa shape index (κ1) is 21.4. The van der Waals surface area contributed by atoms with E-state index in [9.17, 15) is 14.3 Å². The molecule has 2 aliphatic rings. The summed E-state index contributed by atoms with van der Waals surface area (Å²) in [4.78, 5) is 11.3. The number of aliphatic carboxylic acids is 1. The van der Waals surface area contributed by atoms with Crippen molar-refractivity contribution in [1.82, 2.24) is 5.16 Å². The van der Waals surface area contributed by atoms with E-state index >= 15 is 0 Å². The van der Waals surface area contributed by atoms with Crippen LogP contribution in [0.1, 0.15) is 66.3 Å². The van der Waals surface area contributed by atoms with Crippen LogP contribution in [0, 0.1) is 11.7 Å². The number of hydrogen-bond acceptors (Lipinski definition) is 4. The minimum absolute atomic E-state index is 0.0487. The maximum absolute atomic E-state index is 14.6. The molecule has 1 N–H and O–H groups in total. The SMILES string of the molecule is COc1ccc(F)c(-c2onc(/C=C/c3cccc([C@@H](CC(=O)O)C4CC4)c3)c2C2CC2)c1. The van der Waals surface area contributed by atoms with Crippen LogP contribution in [0.15, 0.2) is 47.0 Å². The lowest BCUT2D eigenvalue weighted by molar-refractivity contribution is -0.137. The highest BCUT2D eigenvalue weighted by molar-refractivity contribution is 5.75. The average Bonchev–Trinajstić information content (AvgIpc) is 3.75. The van der Waals surface area contributed by atoms with Crippen molar-refractivity contribution in [3.05, 3.63) is 70.7 Å². The van der Waals surface area contributed by atoms with E-state index in [2.05, 4.69) is 11.2 Å². The molecule has 33 heavy (non-hydrogen) atoms. The van der Waals surface area contributed by atoms with Crippen LogP contribution < -0.4 is 4.74 Å². The fourth-order valence-corrected chi connectivity index (χ4v) is 4.51. The van der Waals surface area contributed by atoms with Crippen LogP contribution >= 0.6 is 0 Å². The zero-order chi connectivity index (χ0) is 22.9. The number of halogens is 1. The molecule has 2 fully saturated rings. The van der Waals surface area contributed by atoms with E-state index in [4.69, 9.17) is 9.26 Å². The first-order valence-electron chi connectivity index (χ1n) is 11.4. The quantitative estimate of drug-likeness (QED) is 0.405. The van der Waals surface area contributed by atoms with Crippen molar-refractivity contribution in [2.75, 3.05) is 7.11 Å². The molecule has 2 saturated carbocycles. The summed E-state index contributed by atoms with van der Waals surface area (Å²) in [6, 6.07) is 12.6. The van der Waals surface area contributed by atoms with Gasteiger partial charge in [-0.3, -0.25) is 4.79 Å². The van der Waals surface area contributed by atoms with Gasteiger partial charge >= 0.3 is 5.97 Å². The molecule has 1 atom stereocenters. The molecule has 5 rings (SSSR count). The number of carboxylic acids is 1. The van der Waals surface area contributed by atoms with E-state index in [1.54, 1.807) is 19.2 Å². The number of hydrogen-bond donors (Lipinski definition) is 1. The zero-order valence-corrected chi connectivity index (χ0v) is 18.5. The number of benzene rings is 2. The molecule has 6 heteroatoms. The van der Waals surface area contributed by atoms with Crippen molar-refractivity contribution in [3.63, 3.8) is 0 Å². The molecule has 0 saturated heterocycles. The predicted octanol–water partition coefficient (Wildman–Crippen LogP) is 6.51. The Labute approximate surface area is 191 Å². The molecule has 1 heterocycles. The maximum atomic E-state index is 14.6. The third-order valence-corrected chi connectivity index (χ3v) is 6.52. The first-order valence-corrected chi connectivity index (χ1v) is 11.4. The van der Waals surface area contributed by atoms with E-state index in [0.29, 0.717) is 34.6 Å². The van der Waals surface area contributed by atoms with Gasteiger partial charge in [0, 0.05) is 5.56 Å². The molecular weight excluding hydrogens is 421 g/mol. The van der Waals surface area contributed by atoms with Crippen LogP contribution in [0.5, 0.6) is 5.75 Å². The van der Waals surface area contributed by atoms with Crippen LogP contribution in [-0.4, -0.2) is 23.3 Å². The molecule has 5 nitrogen and oxygen atoms in total. The number of methoxy groups -OCH3 is 1. The van der Waals surface area contributed by atoms with Gasteiger partial charge in [-0.25, -0.2) is 4.39 Å². The molecule has 3 aromatic rings. The number of ether oxygens (including phenoxy) is 1. The van der Waals surface area contributed by atoms with Crippen molar-refractivity contribution < 1.29 is 23.6 Å². The monoisotopic (exact) mass is 447 g/mol. The predicted molar refractivity (Wildman–Crippen MR) is 124 cm³/mol. The average molecular weight is 448 g/mol. The van der Waals surface area contributed by atoms with Crippen molar-refractivity contribution >= 4 is 18.1 Å². The van der Waals surface area contributed by atoms with Gasteiger partial charge in [0.1, 0.15) is 17.3 Å². The lowest BCUT2D eigenvalue weighted by Crippen LogP contribution is -2.08. The number of rotatable bonds is 9. The summed E-state index contributed by atoms with van der Waals surface area (Å²) in [6.45, 7) is 0. The summed E-state index contributed by atoms with van der Waals surface area (Å²) in [5, 5.41) is 13.6. The van der Waals surface area contributed by atoms with Crippen LogP contribution in [0.25, 0.3) is 23.5 Å². The Morgan fingerprint density at radius 1 is 1.21 bits per heavy atom. The first-order chi connectivity index (χ1) is 16.0. The van der Waals surface area contributed by atoms with Gasteiger partial charge < -0.3 is 14.4 Å². The molecule has 2 aromatic carbocycles. The lowest BCUT2D eigenvalue weighted by Gasteiger charge is -2.15. The largest absolute Gasteiger partial charge is 0.497 e. The van der Waals surface area contributed by atoms with Crippen molar-refractivity contribution in [1.29, 1.82) is 0 Å². The highest BCUT2D eigenvalue weighted by Crippen LogP contribution is 2.48. The van der Waals surface area contributed by atoms with Gasteiger partial charge in [-0.2, -0.15) is 0 Å². The molecule has 0 unspecified atom stereocenters. The van der Waals surface area contributed by atoms with Crippen molar-refractivity contribution in [3.8, 4) is 17.1 Å². The number of nitrogens with zero attached hydrogens (tertiary/aromatic N) is 1. The summed E-state index contributed by atoms with van der Waals surface area (Å²) in [5.41, 5.74) is 4.01. The molecule has 0 aliphatic heterocycles. The van der Waals surface area contributed by atoms with E-state index in [1.165, 1.54) is 6.07 Å². The van der Waals surface area contributed by atoms with Crippen LogP contribution in [0.3, 0.4) is 0 Å². The summed E-state index contributed by atoms with van der Waals surface area (Å²) in [7, 11) is 1.55. The minimum atomic E-state index is -0.762. The summed E-state index contributed by atoms with van der Waals surface area (Å²) in [5.74, 6) is 0.689. The minimum Gasteiger partial charge on any atom is -0.497 e. The molecule has 2 aliphatic carbocycles. The summed E-state index contributed by atoms with van der Waals surface area (Å²) < 4.78 is 25.5. The highest BCUT2D eigenvalue weighted by atomic mass is 19.1. The van der Waals surface area contributed by atoms with Gasteiger partial charge in [-0.05, 0) is 78.8 Å². The highest BCUT2D eigenvalue weighted by Gasteiger charge is 2.34. The Bertz CT molecular complexity index is 1210. The van der Waals surface area contributed by atoms with E-state index in [-0.39, 0.29) is 18.2 Å². The Morgan fingerprint density at radius 3 is 2.73 bits per heavy atom. The van der Waals surface area contributed by atoms with Gasteiger partial charge in [-0.15, -0.1) is 0 Å². The van der Waals surface area contributed by atoms with Crippen LogP contribution in [0.2, 0.25) is 0 Å². The summed E-state index contributed by atoms with van der Waals surface area (Å²) in [6.07, 6.45) is 8.24. The number of aromatic nitrogens is 1. The smallest absolute Gasteiger partial charge is 0.303 e. The lowest BCUT2D eigenvalue weighted by atomic mass is 9.90. The molecule has 0 radical (unpaired) electrons. The molecule has 0 bridgehead atoms. The van der Waals surface area contributed by atoms with E-state index in [0.717, 1.165) is 42.4 Å². The van der Waals surface area contributed by atoms with Crippen molar-refractivity contribution in [2.24, 2.45) is 5.92 Å². The number of carboxylic acid groups (broad SMARTS) is 1. The van der Waals surface area contributed by atoms with Gasteiger partial charge in [0.15, 0.2) is 5.76 Å². The third kappa shape index (κ3) is 4.70. The zero-order valence-electron chi connectivity index (χ0n) is 18.5. The van der Waals surface area contributed by atoms with E-state index in [1.807, 2.05) is 30.4 Å². The van der Waals surface area contributed by atoms with Gasteiger partial charge in [0.05, 0.1) is 19.1 Å². The second-order valence-electron chi connectivity index (χ2n) is 8.98. The normalized spacial score (nSPS) is 16.8. The number of carbonyl (C=O) groups is 1. The molecule has 0 spiro atoms. The molecule has 170 valence electrons. The van der Waals surface area contributed by atoms with Gasteiger partial charge in [0.2, 0.25) is 0 Å². The summed E-state index contributed by atoms with van der Waals surface area (Å²) >= 11 is 0. The third-order valence-electron chi connectivity index (χ3n) is 6.52. The maximum Gasteiger partial charge on any atom is 0.303 e. The van der Waals surface area contributed by atoms with Crippen LogP contribution in [0.4, 0.5) is 4.39 Å². The Morgan fingerprint density at radius 2 is 2.03 bits per heavy atom. The second kappa shape index (κ2) is 8.85. The molecule has 0 amide bonds.